The number of carbonyl (C=O) groups excluding carboxylic acids is 2. The van der Waals surface area contributed by atoms with Crippen LogP contribution in [0, 0.1) is 11.3 Å². The lowest BCUT2D eigenvalue weighted by Gasteiger charge is -2.16. The minimum absolute atomic E-state index is 0.366. The fraction of sp³-hybridized carbons (Fsp3) is 0.333. The average molecular weight is 325 g/mol. The van der Waals surface area contributed by atoms with E-state index in [9.17, 15) is 9.59 Å². The molecule has 1 N–H and O–H groups in total. The van der Waals surface area contributed by atoms with Gasteiger partial charge < -0.3 is 10.1 Å². The number of hydrogen-bond donors (Lipinski definition) is 1. The van der Waals surface area contributed by atoms with Crippen LogP contribution in [0.1, 0.15) is 36.0 Å². The second-order valence-electron chi connectivity index (χ2n) is 5.33. The molecule has 6 nitrogen and oxygen atoms in total. The standard InChI is InChI=1S/C18H19N3O3/c1-24-18(23)15(10-3-2-4-11-19)21-17(22)14-9-5-7-13-8-6-12-20-16(13)14/h5-9,12,15H,2-4,10H2,1H3,(H,21,22)/t15-/m1/s1. The van der Waals surface area contributed by atoms with Crippen molar-refractivity contribution in [1.82, 2.24) is 10.3 Å². The fourth-order valence-electron chi connectivity index (χ4n) is 2.47. The summed E-state index contributed by atoms with van der Waals surface area (Å²) in [7, 11) is 1.29. The summed E-state index contributed by atoms with van der Waals surface area (Å²) in [6.45, 7) is 0. The Morgan fingerprint density at radius 2 is 2.08 bits per heavy atom. The molecule has 0 saturated carbocycles. The topological polar surface area (TPSA) is 92.1 Å². The van der Waals surface area contributed by atoms with Gasteiger partial charge in [-0.3, -0.25) is 9.78 Å². The molecule has 24 heavy (non-hydrogen) atoms. The largest absolute Gasteiger partial charge is 0.467 e. The number of fused-ring (bicyclic) bond motifs is 1. The van der Waals surface area contributed by atoms with Crippen molar-refractivity contribution in [2.75, 3.05) is 7.11 Å². The van der Waals surface area contributed by atoms with Crippen molar-refractivity contribution in [3.63, 3.8) is 0 Å². The zero-order valence-electron chi connectivity index (χ0n) is 13.5. The van der Waals surface area contributed by atoms with Crippen LogP contribution in [0.3, 0.4) is 0 Å². The van der Waals surface area contributed by atoms with Gasteiger partial charge in [-0.05, 0) is 31.4 Å². The van der Waals surface area contributed by atoms with Crippen LogP contribution < -0.4 is 5.32 Å². The number of esters is 1. The van der Waals surface area contributed by atoms with Crippen molar-refractivity contribution in [3.05, 3.63) is 42.1 Å². The SMILES string of the molecule is COC(=O)[C@@H](CCCCC#N)NC(=O)c1cccc2cccnc12. The number of hydrogen-bond acceptors (Lipinski definition) is 5. The molecule has 1 aromatic carbocycles. The van der Waals surface area contributed by atoms with Crippen molar-refractivity contribution >= 4 is 22.8 Å². The van der Waals surface area contributed by atoms with Crippen molar-refractivity contribution < 1.29 is 14.3 Å². The molecular weight excluding hydrogens is 306 g/mol. The zero-order chi connectivity index (χ0) is 17.4. The van der Waals surface area contributed by atoms with E-state index in [1.807, 2.05) is 12.1 Å². The molecule has 0 aliphatic rings. The number of rotatable bonds is 7. The highest BCUT2D eigenvalue weighted by Gasteiger charge is 2.22. The van der Waals surface area contributed by atoms with Gasteiger partial charge in [0.25, 0.3) is 5.91 Å². The number of unbranched alkanes of at least 4 members (excludes halogenated alkanes) is 2. The molecule has 0 unspecified atom stereocenters. The lowest BCUT2D eigenvalue weighted by atomic mass is 10.1. The van der Waals surface area contributed by atoms with E-state index in [-0.39, 0.29) is 5.91 Å². The number of ether oxygens (including phenoxy) is 1. The fourth-order valence-corrected chi connectivity index (χ4v) is 2.47. The molecule has 0 bridgehead atoms. The molecule has 1 atom stereocenters. The van der Waals surface area contributed by atoms with Gasteiger partial charge in [0.1, 0.15) is 6.04 Å². The molecule has 2 rings (SSSR count). The molecule has 1 heterocycles. The first-order valence-electron chi connectivity index (χ1n) is 7.76. The van der Waals surface area contributed by atoms with Gasteiger partial charge in [-0.2, -0.15) is 5.26 Å². The number of para-hydroxylation sites is 1. The first-order chi connectivity index (χ1) is 11.7. The third kappa shape index (κ3) is 4.29. The van der Waals surface area contributed by atoms with E-state index in [2.05, 4.69) is 16.4 Å². The maximum Gasteiger partial charge on any atom is 0.328 e. The van der Waals surface area contributed by atoms with Crippen molar-refractivity contribution in [3.8, 4) is 6.07 Å². The van der Waals surface area contributed by atoms with E-state index in [1.165, 1.54) is 7.11 Å². The third-order valence-electron chi connectivity index (χ3n) is 3.70. The predicted octanol–water partition coefficient (Wildman–Crippen LogP) is 2.59. The summed E-state index contributed by atoms with van der Waals surface area (Å²) in [5.74, 6) is -0.858. The van der Waals surface area contributed by atoms with Crippen molar-refractivity contribution in [1.29, 1.82) is 5.26 Å². The zero-order valence-corrected chi connectivity index (χ0v) is 13.5. The maximum atomic E-state index is 12.6. The Labute approximate surface area is 140 Å². The molecule has 2 aromatic rings. The molecule has 1 aromatic heterocycles. The van der Waals surface area contributed by atoms with Crippen LogP contribution in [0.4, 0.5) is 0 Å². The Balaban J connectivity index is 2.14. The first-order valence-corrected chi connectivity index (χ1v) is 7.76. The normalized spacial score (nSPS) is 11.5. The van der Waals surface area contributed by atoms with Crippen LogP contribution in [0.5, 0.6) is 0 Å². The van der Waals surface area contributed by atoms with Gasteiger partial charge in [0.2, 0.25) is 0 Å². The van der Waals surface area contributed by atoms with Gasteiger partial charge in [0.05, 0.1) is 24.3 Å². The molecule has 1 amide bonds. The Bertz CT molecular complexity index is 762. The highest BCUT2D eigenvalue weighted by molar-refractivity contribution is 6.06. The molecule has 0 spiro atoms. The van der Waals surface area contributed by atoms with Crippen molar-refractivity contribution in [2.24, 2.45) is 0 Å². The van der Waals surface area contributed by atoms with E-state index >= 15 is 0 Å². The van der Waals surface area contributed by atoms with Crippen LogP contribution in [0.15, 0.2) is 36.5 Å². The summed E-state index contributed by atoms with van der Waals surface area (Å²) in [4.78, 5) is 28.7. The summed E-state index contributed by atoms with van der Waals surface area (Å²) < 4.78 is 4.76. The molecule has 0 radical (unpaired) electrons. The minimum Gasteiger partial charge on any atom is -0.467 e. The maximum absolute atomic E-state index is 12.6. The van der Waals surface area contributed by atoms with Crippen LogP contribution in [0.25, 0.3) is 10.9 Å². The number of amides is 1. The Morgan fingerprint density at radius 3 is 2.83 bits per heavy atom. The third-order valence-corrected chi connectivity index (χ3v) is 3.70. The molecule has 6 heteroatoms. The second kappa shape index (κ2) is 8.63. The van der Waals surface area contributed by atoms with Crippen LogP contribution >= 0.6 is 0 Å². The van der Waals surface area contributed by atoms with Crippen LogP contribution in [0.2, 0.25) is 0 Å². The highest BCUT2D eigenvalue weighted by atomic mass is 16.5. The number of nitriles is 1. The summed E-state index contributed by atoms with van der Waals surface area (Å²) in [5, 5.41) is 12.1. The van der Waals surface area contributed by atoms with Gasteiger partial charge in [0.15, 0.2) is 0 Å². The van der Waals surface area contributed by atoms with Gasteiger partial charge in [-0.1, -0.05) is 18.2 Å². The molecule has 0 fully saturated rings. The highest BCUT2D eigenvalue weighted by Crippen LogP contribution is 2.16. The summed E-state index contributed by atoms with van der Waals surface area (Å²) in [6.07, 6.45) is 3.81. The summed E-state index contributed by atoms with van der Waals surface area (Å²) >= 11 is 0. The van der Waals surface area contributed by atoms with E-state index in [0.29, 0.717) is 36.8 Å². The summed E-state index contributed by atoms with van der Waals surface area (Å²) in [5.41, 5.74) is 1.00. The van der Waals surface area contributed by atoms with E-state index < -0.39 is 12.0 Å². The number of benzene rings is 1. The predicted molar refractivity (Wildman–Crippen MR) is 89.1 cm³/mol. The summed E-state index contributed by atoms with van der Waals surface area (Å²) in [6, 6.07) is 10.3. The van der Waals surface area contributed by atoms with E-state index in [0.717, 1.165) is 5.39 Å². The van der Waals surface area contributed by atoms with E-state index in [1.54, 1.807) is 24.4 Å². The van der Waals surface area contributed by atoms with Gasteiger partial charge in [-0.25, -0.2) is 4.79 Å². The quantitative estimate of drug-likeness (QED) is 0.624. The van der Waals surface area contributed by atoms with Crippen LogP contribution in [-0.4, -0.2) is 30.0 Å². The number of carbonyl (C=O) groups is 2. The monoisotopic (exact) mass is 325 g/mol. The number of nitrogens with one attached hydrogen (secondary N) is 1. The minimum atomic E-state index is -0.736. The number of aromatic nitrogens is 1. The molecular formula is C18H19N3O3. The van der Waals surface area contributed by atoms with Gasteiger partial charge >= 0.3 is 5.97 Å². The molecule has 0 aliphatic heterocycles. The van der Waals surface area contributed by atoms with Crippen molar-refractivity contribution in [2.45, 2.75) is 31.7 Å². The average Bonchev–Trinajstić information content (AvgIpc) is 2.62. The second-order valence-corrected chi connectivity index (χ2v) is 5.33. The number of nitrogens with zero attached hydrogens (tertiary/aromatic N) is 2. The lowest BCUT2D eigenvalue weighted by Crippen LogP contribution is -2.41. The Hall–Kier alpha value is -2.94. The number of methoxy groups -OCH3 is 1. The van der Waals surface area contributed by atoms with E-state index in [4.69, 9.17) is 10.00 Å². The Kier molecular flexibility index (Phi) is 6.26. The molecule has 0 aliphatic carbocycles. The lowest BCUT2D eigenvalue weighted by molar-refractivity contribution is -0.143. The smallest absolute Gasteiger partial charge is 0.328 e. The molecule has 124 valence electrons. The van der Waals surface area contributed by atoms with Crippen LogP contribution in [-0.2, 0) is 9.53 Å². The van der Waals surface area contributed by atoms with Gasteiger partial charge in [0, 0.05) is 18.0 Å². The first kappa shape index (κ1) is 17.4. The number of pyridine rings is 1. The molecule has 0 saturated heterocycles. The van der Waals surface area contributed by atoms with Gasteiger partial charge in [-0.15, -0.1) is 0 Å². The Morgan fingerprint density at radius 1 is 1.29 bits per heavy atom.